The summed E-state index contributed by atoms with van der Waals surface area (Å²) >= 11 is 2.72. The maximum atomic E-state index is 12.5. The average Bonchev–Trinajstić information content (AvgIpc) is 3.35. The van der Waals surface area contributed by atoms with Gasteiger partial charge in [0.1, 0.15) is 0 Å². The summed E-state index contributed by atoms with van der Waals surface area (Å²) in [6.07, 6.45) is 9.60. The van der Waals surface area contributed by atoms with E-state index in [-0.39, 0.29) is 29.3 Å². The standard InChI is InChI=1S/C20H29N5O3S2/c26-16(11-29-19-25-24-18(30-19)21-10-15-2-1-3-28-15)22-17(27)23-20-7-12-4-13(8-20)6-14(5-12)9-20/h12-15H,1-11H2,(H,21,24)(H2,22,23,26,27). The number of ether oxygens (including phenoxy) is 1. The summed E-state index contributed by atoms with van der Waals surface area (Å²) in [5.74, 6) is 2.11. The molecule has 3 N–H and O–H groups in total. The van der Waals surface area contributed by atoms with Gasteiger partial charge in [0, 0.05) is 18.7 Å². The molecule has 1 unspecified atom stereocenters. The fourth-order valence-electron chi connectivity index (χ4n) is 6.17. The molecule has 2 heterocycles. The third kappa shape index (κ3) is 4.75. The molecule has 10 heteroatoms. The number of aromatic nitrogens is 2. The van der Waals surface area contributed by atoms with Crippen molar-refractivity contribution in [3.63, 3.8) is 0 Å². The topological polar surface area (TPSA) is 105 Å². The Morgan fingerprint density at radius 1 is 1.13 bits per heavy atom. The van der Waals surface area contributed by atoms with Gasteiger partial charge >= 0.3 is 6.03 Å². The Labute approximate surface area is 184 Å². The van der Waals surface area contributed by atoms with Gasteiger partial charge in [0.25, 0.3) is 0 Å². The number of carbonyl (C=O) groups excluding carboxylic acids is 2. The highest BCUT2D eigenvalue weighted by Crippen LogP contribution is 2.55. The molecule has 6 rings (SSSR count). The molecule has 1 aliphatic heterocycles. The Morgan fingerprint density at radius 2 is 1.87 bits per heavy atom. The second-order valence-corrected chi connectivity index (χ2v) is 11.6. The minimum absolute atomic E-state index is 0.0882. The van der Waals surface area contributed by atoms with Crippen molar-refractivity contribution in [1.82, 2.24) is 20.8 Å². The lowest BCUT2D eigenvalue weighted by atomic mass is 9.53. The zero-order chi connectivity index (χ0) is 20.6. The van der Waals surface area contributed by atoms with E-state index in [1.54, 1.807) is 0 Å². The second-order valence-electron chi connectivity index (χ2n) is 9.38. The molecular formula is C20H29N5O3S2. The third-order valence-corrected chi connectivity index (χ3v) is 8.92. The maximum Gasteiger partial charge on any atom is 0.321 e. The smallest absolute Gasteiger partial charge is 0.321 e. The minimum Gasteiger partial charge on any atom is -0.376 e. The Hall–Kier alpha value is -1.39. The van der Waals surface area contributed by atoms with Crippen molar-refractivity contribution in [3.05, 3.63) is 0 Å². The van der Waals surface area contributed by atoms with E-state index in [0.717, 1.165) is 68.1 Å². The second kappa shape index (κ2) is 8.63. The molecule has 1 aromatic heterocycles. The van der Waals surface area contributed by atoms with Crippen molar-refractivity contribution in [2.45, 2.75) is 67.3 Å². The van der Waals surface area contributed by atoms with Gasteiger partial charge in [0.15, 0.2) is 4.34 Å². The first-order chi connectivity index (χ1) is 14.6. The summed E-state index contributed by atoms with van der Waals surface area (Å²) in [6.45, 7) is 1.55. The van der Waals surface area contributed by atoms with E-state index in [0.29, 0.717) is 4.34 Å². The Bertz CT molecular complexity index is 760. The first-order valence-corrected chi connectivity index (χ1v) is 12.8. The van der Waals surface area contributed by atoms with Crippen molar-refractivity contribution in [2.24, 2.45) is 17.8 Å². The molecule has 0 radical (unpaired) electrons. The lowest BCUT2D eigenvalue weighted by molar-refractivity contribution is -0.117. The van der Waals surface area contributed by atoms with Crippen molar-refractivity contribution in [3.8, 4) is 0 Å². The van der Waals surface area contributed by atoms with Crippen LogP contribution in [0.5, 0.6) is 0 Å². The number of thioether (sulfide) groups is 1. The number of anilines is 1. The van der Waals surface area contributed by atoms with Crippen LogP contribution in [0.3, 0.4) is 0 Å². The van der Waals surface area contributed by atoms with Crippen LogP contribution in [0.4, 0.5) is 9.93 Å². The normalized spacial score (nSPS) is 34.1. The van der Waals surface area contributed by atoms with Crippen LogP contribution in [0.2, 0.25) is 0 Å². The fourth-order valence-corrected chi connectivity index (χ4v) is 7.73. The molecule has 8 nitrogen and oxygen atoms in total. The molecular weight excluding hydrogens is 422 g/mol. The summed E-state index contributed by atoms with van der Waals surface area (Å²) in [5, 5.41) is 17.9. The summed E-state index contributed by atoms with van der Waals surface area (Å²) in [7, 11) is 0. The SMILES string of the molecule is O=C(CSc1nnc(NCC2CCCO2)s1)NC(=O)NC12CC3CC(CC(C3)C1)C2. The molecule has 4 aliphatic carbocycles. The molecule has 5 aliphatic rings. The molecule has 164 valence electrons. The molecule has 4 saturated carbocycles. The van der Waals surface area contributed by atoms with Gasteiger partial charge in [-0.2, -0.15) is 0 Å². The number of carbonyl (C=O) groups is 2. The summed E-state index contributed by atoms with van der Waals surface area (Å²) in [4.78, 5) is 24.7. The van der Waals surface area contributed by atoms with Crippen LogP contribution in [0, 0.1) is 17.8 Å². The summed E-state index contributed by atoms with van der Waals surface area (Å²) in [6, 6.07) is -0.348. The highest BCUT2D eigenvalue weighted by atomic mass is 32.2. The lowest BCUT2D eigenvalue weighted by Gasteiger charge is -2.56. The zero-order valence-corrected chi connectivity index (χ0v) is 18.7. The van der Waals surface area contributed by atoms with Crippen LogP contribution in [-0.2, 0) is 9.53 Å². The van der Waals surface area contributed by atoms with Crippen molar-refractivity contribution < 1.29 is 14.3 Å². The number of nitrogens with one attached hydrogen (secondary N) is 3. The van der Waals surface area contributed by atoms with E-state index in [1.807, 2.05) is 0 Å². The third-order valence-electron chi connectivity index (χ3n) is 6.91. The van der Waals surface area contributed by atoms with E-state index >= 15 is 0 Å². The number of imide groups is 1. The van der Waals surface area contributed by atoms with Gasteiger partial charge in [0.05, 0.1) is 11.9 Å². The van der Waals surface area contributed by atoms with E-state index in [1.165, 1.54) is 42.4 Å². The lowest BCUT2D eigenvalue weighted by Crippen LogP contribution is -2.61. The van der Waals surface area contributed by atoms with E-state index in [9.17, 15) is 9.59 Å². The molecule has 1 aromatic rings. The first kappa shape index (κ1) is 20.5. The zero-order valence-electron chi connectivity index (χ0n) is 17.0. The van der Waals surface area contributed by atoms with Gasteiger partial charge in [-0.1, -0.05) is 23.1 Å². The van der Waals surface area contributed by atoms with Gasteiger partial charge < -0.3 is 15.4 Å². The van der Waals surface area contributed by atoms with Crippen molar-refractivity contribution in [1.29, 1.82) is 0 Å². The highest BCUT2D eigenvalue weighted by molar-refractivity contribution is 8.01. The van der Waals surface area contributed by atoms with Crippen LogP contribution < -0.4 is 16.0 Å². The number of rotatable bonds is 7. The van der Waals surface area contributed by atoms with Crippen LogP contribution >= 0.6 is 23.1 Å². The van der Waals surface area contributed by atoms with E-state index < -0.39 is 0 Å². The van der Waals surface area contributed by atoms with Crippen LogP contribution in [0.25, 0.3) is 0 Å². The van der Waals surface area contributed by atoms with Crippen LogP contribution in [0.1, 0.15) is 51.4 Å². The largest absolute Gasteiger partial charge is 0.376 e. The molecule has 0 spiro atoms. The van der Waals surface area contributed by atoms with Gasteiger partial charge in [0.2, 0.25) is 11.0 Å². The predicted molar refractivity (Wildman–Crippen MR) is 116 cm³/mol. The van der Waals surface area contributed by atoms with Gasteiger partial charge in [-0.15, -0.1) is 10.2 Å². The average molecular weight is 452 g/mol. The first-order valence-electron chi connectivity index (χ1n) is 11.0. The van der Waals surface area contributed by atoms with Gasteiger partial charge in [-0.05, 0) is 69.1 Å². The van der Waals surface area contributed by atoms with E-state index in [4.69, 9.17) is 4.74 Å². The van der Waals surface area contributed by atoms with Gasteiger partial charge in [-0.25, -0.2) is 4.79 Å². The predicted octanol–water partition coefficient (Wildman–Crippen LogP) is 3.02. The van der Waals surface area contributed by atoms with Crippen molar-refractivity contribution in [2.75, 3.05) is 24.2 Å². The van der Waals surface area contributed by atoms with Crippen LogP contribution in [-0.4, -0.2) is 52.7 Å². The van der Waals surface area contributed by atoms with E-state index in [2.05, 4.69) is 26.1 Å². The summed E-state index contributed by atoms with van der Waals surface area (Å²) in [5.41, 5.74) is -0.0882. The van der Waals surface area contributed by atoms with Crippen molar-refractivity contribution >= 4 is 40.2 Å². The minimum atomic E-state index is -0.348. The number of hydrogen-bond donors (Lipinski definition) is 3. The van der Waals surface area contributed by atoms with Gasteiger partial charge in [-0.3, -0.25) is 10.1 Å². The molecule has 1 saturated heterocycles. The number of nitrogens with zero attached hydrogens (tertiary/aromatic N) is 2. The Kier molecular flexibility index (Phi) is 5.90. The molecule has 4 bridgehead atoms. The number of urea groups is 1. The molecule has 0 aromatic carbocycles. The molecule has 3 amide bonds. The Balaban J connectivity index is 1.05. The molecule has 1 atom stereocenters. The quantitative estimate of drug-likeness (QED) is 0.547. The number of hydrogen-bond acceptors (Lipinski definition) is 8. The van der Waals surface area contributed by atoms with Crippen LogP contribution in [0.15, 0.2) is 4.34 Å². The monoisotopic (exact) mass is 451 g/mol. The highest BCUT2D eigenvalue weighted by Gasteiger charge is 2.51. The summed E-state index contributed by atoms with van der Waals surface area (Å²) < 4.78 is 6.29. The fraction of sp³-hybridized carbons (Fsp3) is 0.800. The molecule has 5 fully saturated rings. The number of amides is 3. The molecule has 30 heavy (non-hydrogen) atoms. The Morgan fingerprint density at radius 3 is 2.53 bits per heavy atom. The maximum absolute atomic E-state index is 12.5.